The zero-order valence-electron chi connectivity index (χ0n) is 9.97. The predicted octanol–water partition coefficient (Wildman–Crippen LogP) is 4.54. The molecule has 2 aromatic rings. The Kier molecular flexibility index (Phi) is 4.60. The van der Waals surface area contributed by atoms with Gasteiger partial charge in [0.1, 0.15) is 5.82 Å². The van der Waals surface area contributed by atoms with E-state index >= 15 is 0 Å². The summed E-state index contributed by atoms with van der Waals surface area (Å²) in [4.78, 5) is 12.5. The summed E-state index contributed by atoms with van der Waals surface area (Å²) in [5.74, 6) is -0.617. The van der Waals surface area contributed by atoms with Gasteiger partial charge in [0.15, 0.2) is 0 Å². The molecule has 1 heterocycles. The van der Waals surface area contributed by atoms with Crippen LogP contribution >= 0.6 is 38.9 Å². The molecule has 0 aliphatic heterocycles. The lowest BCUT2D eigenvalue weighted by molar-refractivity contribution is 0.0955. The summed E-state index contributed by atoms with van der Waals surface area (Å²) < 4.78 is 13.9. The Morgan fingerprint density at radius 2 is 2.21 bits per heavy atom. The molecule has 1 amide bonds. The SMILES string of the molecule is Cc1cc(C(=O)NCc2ccc(F)c(Cl)c2)sc1Br. The van der Waals surface area contributed by atoms with Crippen LogP contribution in [0.3, 0.4) is 0 Å². The van der Waals surface area contributed by atoms with E-state index in [-0.39, 0.29) is 10.9 Å². The van der Waals surface area contributed by atoms with Crippen molar-refractivity contribution in [3.05, 3.63) is 54.9 Å². The van der Waals surface area contributed by atoms with Gasteiger partial charge in [-0.2, -0.15) is 0 Å². The number of aryl methyl sites for hydroxylation is 1. The number of rotatable bonds is 3. The maximum Gasteiger partial charge on any atom is 0.261 e. The topological polar surface area (TPSA) is 29.1 Å². The molecule has 100 valence electrons. The van der Waals surface area contributed by atoms with E-state index in [1.807, 2.05) is 13.0 Å². The van der Waals surface area contributed by atoms with Crippen LogP contribution in [-0.4, -0.2) is 5.91 Å². The molecule has 0 saturated carbocycles. The first kappa shape index (κ1) is 14.5. The smallest absolute Gasteiger partial charge is 0.261 e. The van der Waals surface area contributed by atoms with Crippen molar-refractivity contribution in [2.45, 2.75) is 13.5 Å². The minimum absolute atomic E-state index is 0.0569. The van der Waals surface area contributed by atoms with Gasteiger partial charge in [-0.25, -0.2) is 4.39 Å². The van der Waals surface area contributed by atoms with Gasteiger partial charge in [0.25, 0.3) is 5.91 Å². The number of thiophene rings is 1. The van der Waals surface area contributed by atoms with Crippen LogP contribution in [0.2, 0.25) is 5.02 Å². The van der Waals surface area contributed by atoms with Crippen molar-refractivity contribution in [2.24, 2.45) is 0 Å². The number of halogens is 3. The van der Waals surface area contributed by atoms with E-state index in [1.165, 1.54) is 23.5 Å². The minimum Gasteiger partial charge on any atom is -0.347 e. The van der Waals surface area contributed by atoms with Crippen LogP contribution < -0.4 is 5.32 Å². The van der Waals surface area contributed by atoms with Crippen LogP contribution in [0.5, 0.6) is 0 Å². The highest BCUT2D eigenvalue weighted by atomic mass is 79.9. The second-order valence-electron chi connectivity index (χ2n) is 4.00. The number of hydrogen-bond donors (Lipinski definition) is 1. The molecule has 0 aliphatic rings. The van der Waals surface area contributed by atoms with E-state index in [0.717, 1.165) is 14.9 Å². The van der Waals surface area contributed by atoms with Gasteiger partial charge >= 0.3 is 0 Å². The zero-order chi connectivity index (χ0) is 14.0. The maximum absolute atomic E-state index is 13.0. The van der Waals surface area contributed by atoms with E-state index in [9.17, 15) is 9.18 Å². The van der Waals surface area contributed by atoms with Gasteiger partial charge in [0, 0.05) is 6.54 Å². The molecule has 0 atom stereocenters. The molecule has 0 fully saturated rings. The lowest BCUT2D eigenvalue weighted by atomic mass is 10.2. The largest absolute Gasteiger partial charge is 0.347 e. The van der Waals surface area contributed by atoms with Crippen LogP contribution in [0.1, 0.15) is 20.8 Å². The van der Waals surface area contributed by atoms with Crippen molar-refractivity contribution in [2.75, 3.05) is 0 Å². The molecule has 0 saturated heterocycles. The summed E-state index contributed by atoms with van der Waals surface area (Å²) >= 11 is 10.4. The quantitative estimate of drug-likeness (QED) is 0.853. The lowest BCUT2D eigenvalue weighted by Gasteiger charge is -2.04. The molecule has 0 bridgehead atoms. The zero-order valence-corrected chi connectivity index (χ0v) is 13.1. The Labute approximate surface area is 127 Å². The summed E-state index contributed by atoms with van der Waals surface area (Å²) in [7, 11) is 0. The first-order chi connectivity index (χ1) is 8.97. The highest BCUT2D eigenvalue weighted by Gasteiger charge is 2.11. The van der Waals surface area contributed by atoms with Crippen molar-refractivity contribution in [1.82, 2.24) is 5.32 Å². The molecular formula is C13H10BrClFNOS. The Hall–Kier alpha value is -0.910. The predicted molar refractivity (Wildman–Crippen MR) is 79.3 cm³/mol. The first-order valence-corrected chi connectivity index (χ1v) is 7.44. The number of carbonyl (C=O) groups excluding carboxylic acids is 1. The second-order valence-corrected chi connectivity index (χ2v) is 6.78. The Bertz CT molecular complexity index is 610. The molecular weight excluding hydrogens is 353 g/mol. The molecule has 0 unspecified atom stereocenters. The number of benzene rings is 1. The van der Waals surface area contributed by atoms with Crippen molar-refractivity contribution in [3.63, 3.8) is 0 Å². The Morgan fingerprint density at radius 3 is 2.79 bits per heavy atom. The van der Waals surface area contributed by atoms with Crippen LogP contribution in [-0.2, 0) is 6.54 Å². The fraction of sp³-hybridized carbons (Fsp3) is 0.154. The standard InChI is InChI=1S/C13H10BrClFNOS/c1-7-4-11(19-12(7)14)13(18)17-6-8-2-3-10(16)9(15)5-8/h2-5H,6H2,1H3,(H,17,18). The van der Waals surface area contributed by atoms with Crippen molar-refractivity contribution >= 4 is 44.8 Å². The summed E-state index contributed by atoms with van der Waals surface area (Å²) in [6.45, 7) is 2.24. The third-order valence-electron chi connectivity index (χ3n) is 2.52. The van der Waals surface area contributed by atoms with Gasteiger partial charge in [0.05, 0.1) is 13.7 Å². The highest BCUT2D eigenvalue weighted by Crippen LogP contribution is 2.27. The van der Waals surface area contributed by atoms with Gasteiger partial charge in [-0.15, -0.1) is 11.3 Å². The van der Waals surface area contributed by atoms with Gasteiger partial charge in [0.2, 0.25) is 0 Å². The van der Waals surface area contributed by atoms with E-state index in [4.69, 9.17) is 11.6 Å². The molecule has 1 N–H and O–H groups in total. The molecule has 0 radical (unpaired) electrons. The van der Waals surface area contributed by atoms with E-state index in [2.05, 4.69) is 21.2 Å². The fourth-order valence-corrected chi connectivity index (χ4v) is 3.15. The van der Waals surface area contributed by atoms with Crippen molar-refractivity contribution in [1.29, 1.82) is 0 Å². The average molecular weight is 363 g/mol. The number of carbonyl (C=O) groups is 1. The summed E-state index contributed by atoms with van der Waals surface area (Å²) in [5.41, 5.74) is 1.78. The average Bonchev–Trinajstić information content (AvgIpc) is 2.71. The normalized spacial score (nSPS) is 10.5. The summed E-state index contributed by atoms with van der Waals surface area (Å²) in [5, 5.41) is 2.83. The van der Waals surface area contributed by atoms with Crippen molar-refractivity contribution < 1.29 is 9.18 Å². The van der Waals surface area contributed by atoms with Crippen molar-refractivity contribution in [3.8, 4) is 0 Å². The molecule has 2 rings (SSSR count). The summed E-state index contributed by atoms with van der Waals surface area (Å²) in [6, 6.07) is 6.21. The molecule has 1 aromatic heterocycles. The van der Waals surface area contributed by atoms with E-state index in [1.54, 1.807) is 6.07 Å². The highest BCUT2D eigenvalue weighted by molar-refractivity contribution is 9.11. The minimum atomic E-state index is -0.463. The molecule has 0 aliphatic carbocycles. The van der Waals surface area contributed by atoms with Gasteiger partial charge in [-0.3, -0.25) is 4.79 Å². The maximum atomic E-state index is 13.0. The van der Waals surface area contributed by atoms with Gasteiger partial charge < -0.3 is 5.32 Å². The van der Waals surface area contributed by atoms with Gasteiger partial charge in [-0.1, -0.05) is 17.7 Å². The van der Waals surface area contributed by atoms with Gasteiger partial charge in [-0.05, 0) is 52.2 Å². The third kappa shape index (κ3) is 3.55. The number of hydrogen-bond acceptors (Lipinski definition) is 2. The molecule has 0 spiro atoms. The second kappa shape index (κ2) is 6.03. The molecule has 6 heteroatoms. The van der Waals surface area contributed by atoms with Crippen LogP contribution in [0.25, 0.3) is 0 Å². The van der Waals surface area contributed by atoms with E-state index < -0.39 is 5.82 Å². The molecule has 2 nitrogen and oxygen atoms in total. The van der Waals surface area contributed by atoms with E-state index in [0.29, 0.717) is 11.4 Å². The first-order valence-electron chi connectivity index (χ1n) is 5.45. The Morgan fingerprint density at radius 1 is 1.47 bits per heavy atom. The Balaban J connectivity index is 2.02. The fourth-order valence-electron chi connectivity index (χ4n) is 1.49. The summed E-state index contributed by atoms with van der Waals surface area (Å²) in [6.07, 6.45) is 0. The van der Waals surface area contributed by atoms with Crippen LogP contribution in [0.15, 0.2) is 28.1 Å². The monoisotopic (exact) mass is 361 g/mol. The molecule has 1 aromatic carbocycles. The number of amides is 1. The van der Waals surface area contributed by atoms with Crippen LogP contribution in [0.4, 0.5) is 4.39 Å². The van der Waals surface area contributed by atoms with Crippen LogP contribution in [0, 0.1) is 12.7 Å². The molecule has 19 heavy (non-hydrogen) atoms. The lowest BCUT2D eigenvalue weighted by Crippen LogP contribution is -2.21. The number of nitrogens with one attached hydrogen (secondary N) is 1. The third-order valence-corrected chi connectivity index (χ3v) is 4.94.